The lowest BCUT2D eigenvalue weighted by Crippen LogP contribution is -2.09. The van der Waals surface area contributed by atoms with Gasteiger partial charge in [0.1, 0.15) is 5.75 Å². The van der Waals surface area contributed by atoms with E-state index in [1.54, 1.807) is 0 Å². The smallest absolute Gasteiger partial charge is 0.349 e. The summed E-state index contributed by atoms with van der Waals surface area (Å²) in [7, 11) is 0. The predicted molar refractivity (Wildman–Crippen MR) is 72.8 cm³/mol. The van der Waals surface area contributed by atoms with Crippen LogP contribution in [0.25, 0.3) is 0 Å². The number of carboxylic acids is 1. The number of ether oxygens (including phenoxy) is 1. The van der Waals surface area contributed by atoms with Crippen molar-refractivity contribution in [2.75, 3.05) is 6.61 Å². The summed E-state index contributed by atoms with van der Waals surface area (Å²) in [6.07, 6.45) is 4.98. The van der Waals surface area contributed by atoms with E-state index < -0.39 is 5.97 Å². The summed E-state index contributed by atoms with van der Waals surface area (Å²) in [6, 6.07) is 1.90. The topological polar surface area (TPSA) is 46.5 Å². The average Bonchev–Trinajstić information content (AvgIpc) is 2.95. The summed E-state index contributed by atoms with van der Waals surface area (Å²) >= 11 is 1.33. The molecule has 3 nitrogen and oxygen atoms in total. The van der Waals surface area contributed by atoms with E-state index in [0.717, 1.165) is 4.88 Å². The molecule has 1 aromatic heterocycles. The van der Waals surface area contributed by atoms with Gasteiger partial charge in [-0.1, -0.05) is 26.7 Å². The van der Waals surface area contributed by atoms with Gasteiger partial charge in [-0.05, 0) is 30.7 Å². The molecule has 1 aliphatic carbocycles. The molecule has 0 spiro atoms. The van der Waals surface area contributed by atoms with E-state index in [1.165, 1.54) is 37.0 Å². The van der Waals surface area contributed by atoms with Crippen LogP contribution in [0.3, 0.4) is 0 Å². The molecule has 0 amide bonds. The fraction of sp³-hybridized carbons (Fsp3) is 0.643. The minimum Gasteiger partial charge on any atom is -0.491 e. The fourth-order valence-electron chi connectivity index (χ4n) is 2.32. The van der Waals surface area contributed by atoms with Crippen molar-refractivity contribution in [3.63, 3.8) is 0 Å². The van der Waals surface area contributed by atoms with Gasteiger partial charge in [0.05, 0.1) is 6.61 Å². The van der Waals surface area contributed by atoms with Crippen LogP contribution >= 0.6 is 11.3 Å². The minimum atomic E-state index is -0.881. The molecule has 1 fully saturated rings. The number of carboxylic acid groups (broad SMARTS) is 1. The van der Waals surface area contributed by atoms with E-state index in [4.69, 9.17) is 4.74 Å². The quantitative estimate of drug-likeness (QED) is 0.873. The van der Waals surface area contributed by atoms with Gasteiger partial charge in [-0.3, -0.25) is 0 Å². The first-order valence-corrected chi connectivity index (χ1v) is 7.39. The molecule has 100 valence electrons. The van der Waals surface area contributed by atoms with Gasteiger partial charge in [0.25, 0.3) is 0 Å². The third-order valence-electron chi connectivity index (χ3n) is 3.43. The van der Waals surface area contributed by atoms with Crippen LogP contribution in [-0.4, -0.2) is 17.7 Å². The number of rotatable bonds is 5. The standard InChI is InChI=1S/C14H20O3S/c1-9(2)12-7-11(13(18-12)14(15)16)17-8-10-5-3-4-6-10/h7,9-10H,3-6,8H2,1-2H3,(H,15,16). The average molecular weight is 268 g/mol. The Morgan fingerprint density at radius 1 is 1.50 bits per heavy atom. The van der Waals surface area contributed by atoms with Crippen LogP contribution in [0.5, 0.6) is 5.75 Å². The number of hydrogen-bond donors (Lipinski definition) is 1. The Bertz CT molecular complexity index is 417. The van der Waals surface area contributed by atoms with Crippen molar-refractivity contribution in [1.29, 1.82) is 0 Å². The molecule has 1 heterocycles. The highest BCUT2D eigenvalue weighted by molar-refractivity contribution is 7.14. The largest absolute Gasteiger partial charge is 0.491 e. The summed E-state index contributed by atoms with van der Waals surface area (Å²) in [5.74, 6) is 0.627. The van der Waals surface area contributed by atoms with Gasteiger partial charge in [0, 0.05) is 4.88 Å². The lowest BCUT2D eigenvalue weighted by atomic mass is 10.1. The van der Waals surface area contributed by atoms with Gasteiger partial charge in [0.15, 0.2) is 4.88 Å². The normalized spacial score (nSPS) is 16.4. The molecule has 1 aliphatic rings. The molecule has 18 heavy (non-hydrogen) atoms. The van der Waals surface area contributed by atoms with Crippen molar-refractivity contribution in [2.24, 2.45) is 5.92 Å². The van der Waals surface area contributed by atoms with E-state index in [1.807, 2.05) is 6.07 Å². The minimum absolute atomic E-state index is 0.344. The van der Waals surface area contributed by atoms with E-state index in [0.29, 0.717) is 29.1 Å². The van der Waals surface area contributed by atoms with Crippen molar-refractivity contribution in [3.05, 3.63) is 15.8 Å². The molecular weight excluding hydrogens is 248 g/mol. The second-order valence-corrected chi connectivity index (χ2v) is 6.35. The van der Waals surface area contributed by atoms with Gasteiger partial charge in [-0.2, -0.15) is 0 Å². The molecule has 0 atom stereocenters. The van der Waals surface area contributed by atoms with Crippen molar-refractivity contribution < 1.29 is 14.6 Å². The van der Waals surface area contributed by atoms with Gasteiger partial charge >= 0.3 is 5.97 Å². The first-order valence-electron chi connectivity index (χ1n) is 6.57. The van der Waals surface area contributed by atoms with Gasteiger partial charge < -0.3 is 9.84 Å². The Morgan fingerprint density at radius 3 is 2.72 bits per heavy atom. The summed E-state index contributed by atoms with van der Waals surface area (Å²) in [4.78, 5) is 12.6. The van der Waals surface area contributed by atoms with Crippen LogP contribution in [0, 0.1) is 5.92 Å². The monoisotopic (exact) mass is 268 g/mol. The number of hydrogen-bond acceptors (Lipinski definition) is 3. The highest BCUT2D eigenvalue weighted by Gasteiger charge is 2.21. The molecule has 0 saturated heterocycles. The van der Waals surface area contributed by atoms with Gasteiger partial charge in [-0.25, -0.2) is 4.79 Å². The van der Waals surface area contributed by atoms with Crippen LogP contribution in [0.1, 0.15) is 60.0 Å². The molecule has 0 aliphatic heterocycles. The molecule has 0 aromatic carbocycles. The lowest BCUT2D eigenvalue weighted by molar-refractivity contribution is 0.0697. The molecule has 0 unspecified atom stereocenters. The Labute approximate surface area is 112 Å². The Morgan fingerprint density at radius 2 is 2.17 bits per heavy atom. The second kappa shape index (κ2) is 5.74. The first-order chi connectivity index (χ1) is 8.58. The van der Waals surface area contributed by atoms with Crippen LogP contribution in [0.2, 0.25) is 0 Å². The Kier molecular flexibility index (Phi) is 4.27. The summed E-state index contributed by atoms with van der Waals surface area (Å²) in [5, 5.41) is 9.18. The molecule has 1 N–H and O–H groups in total. The first kappa shape index (κ1) is 13.4. The molecular formula is C14H20O3S. The van der Waals surface area contributed by atoms with Crippen LogP contribution in [0.4, 0.5) is 0 Å². The van der Waals surface area contributed by atoms with E-state index >= 15 is 0 Å². The number of carbonyl (C=O) groups is 1. The summed E-state index contributed by atoms with van der Waals surface area (Å²) in [6.45, 7) is 4.80. The molecule has 0 radical (unpaired) electrons. The van der Waals surface area contributed by atoms with Gasteiger partial charge in [-0.15, -0.1) is 11.3 Å². The predicted octanol–water partition coefficient (Wildman–Crippen LogP) is 4.14. The van der Waals surface area contributed by atoms with E-state index in [2.05, 4.69) is 13.8 Å². The number of thiophene rings is 1. The lowest BCUT2D eigenvalue weighted by Gasteiger charge is -2.10. The van der Waals surface area contributed by atoms with Crippen LogP contribution in [0.15, 0.2) is 6.07 Å². The van der Waals surface area contributed by atoms with Crippen molar-refractivity contribution in [1.82, 2.24) is 0 Å². The highest BCUT2D eigenvalue weighted by atomic mass is 32.1. The maximum atomic E-state index is 11.2. The number of aromatic carboxylic acids is 1. The van der Waals surface area contributed by atoms with Crippen molar-refractivity contribution in [2.45, 2.75) is 45.4 Å². The maximum Gasteiger partial charge on any atom is 0.349 e. The molecule has 1 aromatic rings. The third-order valence-corrected chi connectivity index (χ3v) is 4.83. The summed E-state index contributed by atoms with van der Waals surface area (Å²) in [5.41, 5.74) is 0. The maximum absolute atomic E-state index is 11.2. The Balaban J connectivity index is 2.07. The molecule has 4 heteroatoms. The van der Waals surface area contributed by atoms with Crippen molar-refractivity contribution >= 4 is 17.3 Å². The Hall–Kier alpha value is -1.03. The van der Waals surface area contributed by atoms with Crippen molar-refractivity contribution in [3.8, 4) is 5.75 Å². The van der Waals surface area contributed by atoms with Gasteiger partial charge in [0.2, 0.25) is 0 Å². The molecule has 0 bridgehead atoms. The molecule has 1 saturated carbocycles. The van der Waals surface area contributed by atoms with E-state index in [9.17, 15) is 9.90 Å². The van der Waals surface area contributed by atoms with Crippen LogP contribution < -0.4 is 4.74 Å². The zero-order valence-electron chi connectivity index (χ0n) is 10.9. The fourth-order valence-corrected chi connectivity index (χ4v) is 3.26. The van der Waals surface area contributed by atoms with Crippen LogP contribution in [-0.2, 0) is 0 Å². The van der Waals surface area contributed by atoms with E-state index in [-0.39, 0.29) is 0 Å². The third kappa shape index (κ3) is 3.05. The zero-order chi connectivity index (χ0) is 13.1. The highest BCUT2D eigenvalue weighted by Crippen LogP contribution is 2.35. The zero-order valence-corrected chi connectivity index (χ0v) is 11.8. The SMILES string of the molecule is CC(C)c1cc(OCC2CCCC2)c(C(=O)O)s1. The summed E-state index contributed by atoms with van der Waals surface area (Å²) < 4.78 is 5.74. The second-order valence-electron chi connectivity index (χ2n) is 5.26. The molecule has 2 rings (SSSR count).